The first-order valence-corrected chi connectivity index (χ1v) is 5.19. The molecule has 1 atom stereocenters. The quantitative estimate of drug-likeness (QED) is 0.732. The Hall–Kier alpha value is -1.03. The van der Waals surface area contributed by atoms with Crippen LogP contribution in [0.25, 0.3) is 0 Å². The Bertz CT molecular complexity index is 298. The molecule has 0 radical (unpaired) electrons. The summed E-state index contributed by atoms with van der Waals surface area (Å²) < 4.78 is 0. The van der Waals surface area contributed by atoms with Crippen molar-refractivity contribution in [1.29, 1.82) is 0 Å². The van der Waals surface area contributed by atoms with Crippen LogP contribution in [0.15, 0.2) is 0 Å². The molecule has 0 bridgehead atoms. The number of nitrogens with one attached hydrogen (secondary N) is 1. The zero-order valence-corrected chi connectivity index (χ0v) is 8.88. The highest BCUT2D eigenvalue weighted by molar-refractivity contribution is 5.54. The molecule has 1 fully saturated rings. The van der Waals surface area contributed by atoms with E-state index >= 15 is 0 Å². The molecule has 0 aliphatic carbocycles. The van der Waals surface area contributed by atoms with E-state index in [9.17, 15) is 0 Å². The molecule has 2 heterocycles. The largest absolute Gasteiger partial charge is 0.368 e. The van der Waals surface area contributed by atoms with Gasteiger partial charge in [-0.2, -0.15) is 5.10 Å². The Balaban J connectivity index is 2.17. The van der Waals surface area contributed by atoms with Gasteiger partial charge in [-0.15, -0.1) is 0 Å². The summed E-state index contributed by atoms with van der Waals surface area (Å²) in [6, 6.07) is 0. The van der Waals surface area contributed by atoms with Crippen molar-refractivity contribution in [3.63, 3.8) is 0 Å². The molecule has 0 amide bonds. The van der Waals surface area contributed by atoms with E-state index in [1.807, 2.05) is 0 Å². The van der Waals surface area contributed by atoms with Crippen LogP contribution in [0.2, 0.25) is 0 Å². The average Bonchev–Trinajstić information content (AvgIpc) is 2.73. The van der Waals surface area contributed by atoms with Crippen LogP contribution in [0.3, 0.4) is 0 Å². The minimum absolute atomic E-state index is 0.656. The highest BCUT2D eigenvalue weighted by atomic mass is 15.2. The van der Waals surface area contributed by atoms with Gasteiger partial charge in [-0.1, -0.05) is 0 Å². The van der Waals surface area contributed by atoms with Crippen molar-refractivity contribution < 1.29 is 0 Å². The van der Waals surface area contributed by atoms with E-state index in [2.05, 4.69) is 28.9 Å². The Labute approximate surface area is 84.5 Å². The molecule has 1 saturated heterocycles. The summed E-state index contributed by atoms with van der Waals surface area (Å²) in [4.78, 5) is 2.39. The van der Waals surface area contributed by atoms with Crippen LogP contribution in [0, 0.1) is 19.8 Å². The van der Waals surface area contributed by atoms with Gasteiger partial charge in [0.25, 0.3) is 0 Å². The summed E-state index contributed by atoms with van der Waals surface area (Å²) in [6.07, 6.45) is 1.21. The molecular weight excluding hydrogens is 176 g/mol. The molecule has 3 N–H and O–H groups in total. The number of anilines is 1. The summed E-state index contributed by atoms with van der Waals surface area (Å²) in [5, 5.41) is 7.24. The van der Waals surface area contributed by atoms with Crippen LogP contribution in [-0.4, -0.2) is 29.8 Å². The number of hydrogen-bond acceptors (Lipinski definition) is 3. The molecular formula is C10H18N4. The van der Waals surface area contributed by atoms with Crippen molar-refractivity contribution in [2.75, 3.05) is 24.5 Å². The number of H-pyrrole nitrogens is 1. The lowest BCUT2D eigenvalue weighted by Crippen LogP contribution is -2.23. The lowest BCUT2D eigenvalue weighted by atomic mass is 10.1. The van der Waals surface area contributed by atoms with E-state index in [1.54, 1.807) is 0 Å². The molecule has 1 unspecified atom stereocenters. The maximum Gasteiger partial charge on any atom is 0.0827 e. The lowest BCUT2D eigenvalue weighted by Gasteiger charge is -2.18. The van der Waals surface area contributed by atoms with Crippen molar-refractivity contribution >= 4 is 5.69 Å². The summed E-state index contributed by atoms with van der Waals surface area (Å²) in [5.74, 6) is 0.656. The van der Waals surface area contributed by atoms with E-state index in [1.165, 1.54) is 17.8 Å². The number of nitrogens with zero attached hydrogens (tertiary/aromatic N) is 2. The van der Waals surface area contributed by atoms with Crippen molar-refractivity contribution in [2.45, 2.75) is 20.3 Å². The van der Waals surface area contributed by atoms with Gasteiger partial charge in [-0.25, -0.2) is 0 Å². The fourth-order valence-electron chi connectivity index (χ4n) is 2.24. The van der Waals surface area contributed by atoms with E-state index in [-0.39, 0.29) is 0 Å². The van der Waals surface area contributed by atoms with Gasteiger partial charge in [0.05, 0.1) is 17.1 Å². The predicted octanol–water partition coefficient (Wildman–Crippen LogP) is 0.812. The zero-order chi connectivity index (χ0) is 10.1. The molecule has 78 valence electrons. The Kier molecular flexibility index (Phi) is 2.46. The first kappa shape index (κ1) is 9.52. The second-order valence-electron chi connectivity index (χ2n) is 4.12. The number of rotatable bonds is 2. The standard InChI is InChI=1S/C10H18N4/c1-7-10(8(2)13-12-7)14-4-3-9(5-11)6-14/h9H,3-6,11H2,1-2H3,(H,12,13). The van der Waals surface area contributed by atoms with Crippen molar-refractivity contribution in [3.05, 3.63) is 11.4 Å². The van der Waals surface area contributed by atoms with Crippen molar-refractivity contribution in [2.24, 2.45) is 11.7 Å². The van der Waals surface area contributed by atoms with Gasteiger partial charge in [-0.3, -0.25) is 5.10 Å². The topological polar surface area (TPSA) is 57.9 Å². The Morgan fingerprint density at radius 3 is 2.86 bits per heavy atom. The summed E-state index contributed by atoms with van der Waals surface area (Å²) >= 11 is 0. The van der Waals surface area contributed by atoms with Gasteiger partial charge in [0.15, 0.2) is 0 Å². The second-order valence-corrected chi connectivity index (χ2v) is 4.12. The highest BCUT2D eigenvalue weighted by Crippen LogP contribution is 2.27. The predicted molar refractivity (Wildman–Crippen MR) is 57.4 cm³/mol. The van der Waals surface area contributed by atoms with Crippen LogP contribution in [-0.2, 0) is 0 Å². The smallest absolute Gasteiger partial charge is 0.0827 e. The van der Waals surface area contributed by atoms with E-state index < -0.39 is 0 Å². The summed E-state index contributed by atoms with van der Waals surface area (Å²) in [6.45, 7) is 7.12. The highest BCUT2D eigenvalue weighted by Gasteiger charge is 2.24. The average molecular weight is 194 g/mol. The fraction of sp³-hybridized carbons (Fsp3) is 0.700. The van der Waals surface area contributed by atoms with E-state index in [0.717, 1.165) is 25.3 Å². The first-order chi connectivity index (χ1) is 6.72. The molecule has 4 heteroatoms. The number of aromatic amines is 1. The normalized spacial score (nSPS) is 21.9. The molecule has 1 aliphatic heterocycles. The SMILES string of the molecule is Cc1n[nH]c(C)c1N1CCC(CN)C1. The minimum atomic E-state index is 0.656. The van der Waals surface area contributed by atoms with E-state index in [4.69, 9.17) is 5.73 Å². The van der Waals surface area contributed by atoms with Gasteiger partial charge in [0.1, 0.15) is 0 Å². The van der Waals surface area contributed by atoms with Gasteiger partial charge in [-0.05, 0) is 32.7 Å². The van der Waals surface area contributed by atoms with Crippen LogP contribution < -0.4 is 10.6 Å². The molecule has 1 aromatic heterocycles. The van der Waals surface area contributed by atoms with E-state index in [0.29, 0.717) is 5.92 Å². The number of hydrogen-bond donors (Lipinski definition) is 2. The van der Waals surface area contributed by atoms with Crippen LogP contribution >= 0.6 is 0 Å². The minimum Gasteiger partial charge on any atom is -0.368 e. The number of nitrogens with two attached hydrogens (primary N) is 1. The maximum atomic E-state index is 5.68. The number of aromatic nitrogens is 2. The van der Waals surface area contributed by atoms with Gasteiger partial charge < -0.3 is 10.6 Å². The summed E-state index contributed by atoms with van der Waals surface area (Å²) in [5.41, 5.74) is 9.22. The molecule has 1 aromatic rings. The molecule has 14 heavy (non-hydrogen) atoms. The van der Waals surface area contributed by atoms with Crippen LogP contribution in [0.4, 0.5) is 5.69 Å². The van der Waals surface area contributed by atoms with Crippen molar-refractivity contribution in [1.82, 2.24) is 10.2 Å². The van der Waals surface area contributed by atoms with Gasteiger partial charge >= 0.3 is 0 Å². The Morgan fingerprint density at radius 1 is 1.57 bits per heavy atom. The van der Waals surface area contributed by atoms with Gasteiger partial charge in [0, 0.05) is 13.1 Å². The fourth-order valence-corrected chi connectivity index (χ4v) is 2.24. The van der Waals surface area contributed by atoms with Gasteiger partial charge in [0.2, 0.25) is 0 Å². The second kappa shape index (κ2) is 3.61. The third-order valence-corrected chi connectivity index (χ3v) is 3.02. The molecule has 0 saturated carbocycles. The molecule has 1 aliphatic rings. The van der Waals surface area contributed by atoms with Crippen molar-refractivity contribution in [3.8, 4) is 0 Å². The zero-order valence-electron chi connectivity index (χ0n) is 8.88. The van der Waals surface area contributed by atoms with Crippen LogP contribution in [0.5, 0.6) is 0 Å². The molecule has 2 rings (SSSR count). The summed E-state index contributed by atoms with van der Waals surface area (Å²) in [7, 11) is 0. The first-order valence-electron chi connectivity index (χ1n) is 5.19. The maximum absolute atomic E-state index is 5.68. The third kappa shape index (κ3) is 1.50. The third-order valence-electron chi connectivity index (χ3n) is 3.02. The molecule has 4 nitrogen and oxygen atoms in total. The molecule has 0 spiro atoms. The number of aryl methyl sites for hydroxylation is 2. The van der Waals surface area contributed by atoms with Crippen LogP contribution in [0.1, 0.15) is 17.8 Å². The Morgan fingerprint density at radius 2 is 2.36 bits per heavy atom. The lowest BCUT2D eigenvalue weighted by molar-refractivity contribution is 0.602. The monoisotopic (exact) mass is 194 g/mol. The molecule has 0 aromatic carbocycles.